The molecule has 1 amide bonds. The molecule has 0 bridgehead atoms. The van der Waals surface area contributed by atoms with Crippen LogP contribution in [0.5, 0.6) is 0 Å². The molecule has 3 aliphatic heterocycles. The van der Waals surface area contributed by atoms with Crippen LogP contribution in [0.25, 0.3) is 0 Å². The second kappa shape index (κ2) is 6.90. The molecule has 0 aromatic carbocycles. The van der Waals surface area contributed by atoms with Crippen LogP contribution < -0.4 is 5.32 Å². The third-order valence-corrected chi connectivity index (χ3v) is 5.28. The molecule has 3 heterocycles. The molecule has 20 heavy (non-hydrogen) atoms. The summed E-state index contributed by atoms with van der Waals surface area (Å²) in [6.07, 6.45) is 8.94. The number of amides is 1. The van der Waals surface area contributed by atoms with Crippen LogP contribution in [0.15, 0.2) is 0 Å². The van der Waals surface area contributed by atoms with Gasteiger partial charge in [0.15, 0.2) is 0 Å². The average Bonchev–Trinajstić information content (AvgIpc) is 3.03. The van der Waals surface area contributed by atoms with Gasteiger partial charge in [-0.05, 0) is 64.0 Å². The highest BCUT2D eigenvalue weighted by Gasteiger charge is 2.30. The summed E-state index contributed by atoms with van der Waals surface area (Å²) in [6.45, 7) is 6.05. The molecule has 0 radical (unpaired) electrons. The van der Waals surface area contributed by atoms with Crippen LogP contribution in [-0.2, 0) is 4.79 Å². The molecule has 3 aliphatic rings. The Balaban J connectivity index is 1.47. The number of nitrogens with zero attached hydrogens (tertiary/aromatic N) is 2. The van der Waals surface area contributed by atoms with Gasteiger partial charge in [-0.3, -0.25) is 9.69 Å². The Morgan fingerprint density at radius 3 is 2.60 bits per heavy atom. The Morgan fingerprint density at radius 1 is 1.00 bits per heavy atom. The fourth-order valence-electron chi connectivity index (χ4n) is 4.11. The summed E-state index contributed by atoms with van der Waals surface area (Å²) in [5, 5.41) is 3.64. The van der Waals surface area contributed by atoms with E-state index in [1.165, 1.54) is 51.5 Å². The first-order valence-electron chi connectivity index (χ1n) is 8.56. The fourth-order valence-corrected chi connectivity index (χ4v) is 4.11. The SMILES string of the molecule is O=C(CN1CCCC(C2CCCN2)C1)N1CCCCC1. The monoisotopic (exact) mass is 279 g/mol. The molecule has 4 heteroatoms. The first kappa shape index (κ1) is 14.3. The number of carbonyl (C=O) groups excluding carboxylic acids is 1. The van der Waals surface area contributed by atoms with Crippen molar-refractivity contribution in [2.45, 2.75) is 51.0 Å². The van der Waals surface area contributed by atoms with Crippen molar-refractivity contribution >= 4 is 5.91 Å². The number of rotatable bonds is 3. The van der Waals surface area contributed by atoms with Crippen LogP contribution in [0.4, 0.5) is 0 Å². The van der Waals surface area contributed by atoms with Crippen molar-refractivity contribution in [3.05, 3.63) is 0 Å². The van der Waals surface area contributed by atoms with Crippen molar-refractivity contribution in [1.29, 1.82) is 0 Å². The van der Waals surface area contributed by atoms with E-state index >= 15 is 0 Å². The number of nitrogens with one attached hydrogen (secondary N) is 1. The summed E-state index contributed by atoms with van der Waals surface area (Å²) in [5.74, 6) is 1.13. The summed E-state index contributed by atoms with van der Waals surface area (Å²) in [5.41, 5.74) is 0. The minimum Gasteiger partial charge on any atom is -0.342 e. The second-order valence-corrected chi connectivity index (χ2v) is 6.78. The van der Waals surface area contributed by atoms with Gasteiger partial charge in [0.2, 0.25) is 5.91 Å². The number of piperidine rings is 2. The first-order chi connectivity index (χ1) is 9.83. The molecule has 1 N–H and O–H groups in total. The van der Waals surface area contributed by atoms with E-state index in [9.17, 15) is 4.79 Å². The molecule has 0 aromatic heterocycles. The molecule has 3 saturated heterocycles. The maximum atomic E-state index is 12.4. The number of carbonyl (C=O) groups is 1. The Kier molecular flexibility index (Phi) is 4.94. The van der Waals surface area contributed by atoms with Crippen molar-refractivity contribution in [3.8, 4) is 0 Å². The van der Waals surface area contributed by atoms with Gasteiger partial charge in [-0.1, -0.05) is 0 Å². The largest absolute Gasteiger partial charge is 0.342 e. The smallest absolute Gasteiger partial charge is 0.236 e. The van der Waals surface area contributed by atoms with Crippen molar-refractivity contribution in [2.24, 2.45) is 5.92 Å². The molecule has 2 unspecified atom stereocenters. The summed E-state index contributed by atoms with van der Waals surface area (Å²) < 4.78 is 0. The molecule has 0 aromatic rings. The van der Waals surface area contributed by atoms with Gasteiger partial charge < -0.3 is 10.2 Å². The lowest BCUT2D eigenvalue weighted by atomic mass is 9.90. The number of likely N-dealkylation sites (tertiary alicyclic amines) is 2. The molecule has 4 nitrogen and oxygen atoms in total. The highest BCUT2D eigenvalue weighted by molar-refractivity contribution is 5.78. The average molecular weight is 279 g/mol. The van der Waals surface area contributed by atoms with Gasteiger partial charge >= 0.3 is 0 Å². The summed E-state index contributed by atoms with van der Waals surface area (Å²) >= 11 is 0. The van der Waals surface area contributed by atoms with Crippen LogP contribution in [0.3, 0.4) is 0 Å². The van der Waals surface area contributed by atoms with Gasteiger partial charge in [0.25, 0.3) is 0 Å². The van der Waals surface area contributed by atoms with Crippen molar-refractivity contribution in [2.75, 3.05) is 39.3 Å². The molecule has 0 saturated carbocycles. The van der Waals surface area contributed by atoms with E-state index in [1.54, 1.807) is 0 Å². The highest BCUT2D eigenvalue weighted by atomic mass is 16.2. The fraction of sp³-hybridized carbons (Fsp3) is 0.938. The van der Waals surface area contributed by atoms with E-state index in [2.05, 4.69) is 15.1 Å². The Hall–Kier alpha value is -0.610. The molecule has 3 fully saturated rings. The molecule has 3 rings (SSSR count). The predicted molar refractivity (Wildman–Crippen MR) is 80.6 cm³/mol. The van der Waals surface area contributed by atoms with Crippen LogP contribution in [-0.4, -0.2) is 61.0 Å². The van der Waals surface area contributed by atoms with E-state index in [0.29, 0.717) is 18.5 Å². The maximum absolute atomic E-state index is 12.4. The van der Waals surface area contributed by atoms with Gasteiger partial charge in [-0.25, -0.2) is 0 Å². The molecule has 114 valence electrons. The second-order valence-electron chi connectivity index (χ2n) is 6.78. The molecule has 2 atom stereocenters. The minimum atomic E-state index is 0.365. The Bertz CT molecular complexity index is 322. The lowest BCUT2D eigenvalue weighted by Gasteiger charge is -2.37. The van der Waals surface area contributed by atoms with E-state index in [1.807, 2.05) is 0 Å². The van der Waals surface area contributed by atoms with Crippen molar-refractivity contribution in [3.63, 3.8) is 0 Å². The topological polar surface area (TPSA) is 35.6 Å². The van der Waals surface area contributed by atoms with Crippen LogP contribution in [0.2, 0.25) is 0 Å². The normalized spacial score (nSPS) is 32.5. The summed E-state index contributed by atoms with van der Waals surface area (Å²) in [7, 11) is 0. The standard InChI is InChI=1S/C16H29N3O/c20-16(19-10-2-1-3-11-19)13-18-9-5-6-14(12-18)15-7-4-8-17-15/h14-15,17H,1-13H2. The zero-order valence-electron chi connectivity index (χ0n) is 12.6. The van der Waals surface area contributed by atoms with E-state index in [-0.39, 0.29) is 0 Å². The Labute approximate surface area is 122 Å². The van der Waals surface area contributed by atoms with E-state index in [4.69, 9.17) is 0 Å². The maximum Gasteiger partial charge on any atom is 0.236 e. The van der Waals surface area contributed by atoms with Crippen molar-refractivity contribution in [1.82, 2.24) is 15.1 Å². The predicted octanol–water partition coefficient (Wildman–Crippen LogP) is 1.46. The van der Waals surface area contributed by atoms with E-state index < -0.39 is 0 Å². The molecular formula is C16H29N3O. The molecule has 0 spiro atoms. The van der Waals surface area contributed by atoms with Crippen LogP contribution >= 0.6 is 0 Å². The minimum absolute atomic E-state index is 0.365. The van der Waals surface area contributed by atoms with Crippen LogP contribution in [0, 0.1) is 5.92 Å². The quantitative estimate of drug-likeness (QED) is 0.849. The number of hydrogen-bond acceptors (Lipinski definition) is 3. The lowest BCUT2D eigenvalue weighted by molar-refractivity contribution is -0.133. The zero-order chi connectivity index (χ0) is 13.8. The first-order valence-corrected chi connectivity index (χ1v) is 8.56. The van der Waals surface area contributed by atoms with Gasteiger partial charge in [-0.2, -0.15) is 0 Å². The van der Waals surface area contributed by atoms with Gasteiger partial charge in [-0.15, -0.1) is 0 Å². The summed E-state index contributed by atoms with van der Waals surface area (Å²) in [4.78, 5) is 16.9. The third kappa shape index (κ3) is 3.53. The van der Waals surface area contributed by atoms with Gasteiger partial charge in [0.05, 0.1) is 6.54 Å². The van der Waals surface area contributed by atoms with Gasteiger partial charge in [0, 0.05) is 25.7 Å². The van der Waals surface area contributed by atoms with Crippen LogP contribution in [0.1, 0.15) is 44.9 Å². The molecule has 0 aliphatic carbocycles. The zero-order valence-corrected chi connectivity index (χ0v) is 12.6. The van der Waals surface area contributed by atoms with Crippen molar-refractivity contribution < 1.29 is 4.79 Å². The lowest BCUT2D eigenvalue weighted by Crippen LogP contribution is -2.48. The van der Waals surface area contributed by atoms with Gasteiger partial charge in [0.1, 0.15) is 0 Å². The molecular weight excluding hydrogens is 250 g/mol. The number of hydrogen-bond donors (Lipinski definition) is 1. The third-order valence-electron chi connectivity index (χ3n) is 5.28. The highest BCUT2D eigenvalue weighted by Crippen LogP contribution is 2.24. The Morgan fingerprint density at radius 2 is 1.85 bits per heavy atom. The summed E-state index contributed by atoms with van der Waals surface area (Å²) in [6, 6.07) is 0.711. The van der Waals surface area contributed by atoms with E-state index in [0.717, 1.165) is 32.1 Å².